The number of aryl methyl sites for hydroxylation is 1. The zero-order chi connectivity index (χ0) is 20.1. The molecule has 0 saturated heterocycles. The molecule has 0 bridgehead atoms. The second-order valence-corrected chi connectivity index (χ2v) is 6.21. The average molecular weight is 381 g/mol. The molecular formula is C20H20FN5O2. The van der Waals surface area contributed by atoms with Gasteiger partial charge in [-0.25, -0.2) is 14.5 Å². The number of halogens is 1. The second-order valence-electron chi connectivity index (χ2n) is 6.21. The summed E-state index contributed by atoms with van der Waals surface area (Å²) in [6.45, 7) is 3.65. The average Bonchev–Trinajstić information content (AvgIpc) is 3.03. The normalized spacial score (nSPS) is 11.5. The molecular weight excluding hydrogens is 361 g/mol. The Morgan fingerprint density at radius 1 is 1.29 bits per heavy atom. The number of nitrogens with zero attached hydrogens (tertiary/aromatic N) is 3. The summed E-state index contributed by atoms with van der Waals surface area (Å²) in [4.78, 5) is 29.0. The Balaban J connectivity index is 1.94. The van der Waals surface area contributed by atoms with Gasteiger partial charge >= 0.3 is 0 Å². The van der Waals surface area contributed by atoms with Crippen LogP contribution in [0.1, 0.15) is 41.9 Å². The van der Waals surface area contributed by atoms with E-state index in [0.717, 1.165) is 6.42 Å². The van der Waals surface area contributed by atoms with Crippen LogP contribution in [0.3, 0.4) is 0 Å². The summed E-state index contributed by atoms with van der Waals surface area (Å²) in [5.41, 5.74) is 4.48. The van der Waals surface area contributed by atoms with Crippen molar-refractivity contribution in [3.05, 3.63) is 81.8 Å². The Labute approximate surface area is 160 Å². The molecule has 0 saturated carbocycles. The Bertz CT molecular complexity index is 1050. The third kappa shape index (κ3) is 4.06. The van der Waals surface area contributed by atoms with Crippen molar-refractivity contribution in [1.82, 2.24) is 20.2 Å². The van der Waals surface area contributed by atoms with Gasteiger partial charge in [0.25, 0.3) is 11.5 Å². The van der Waals surface area contributed by atoms with Crippen molar-refractivity contribution < 1.29 is 9.18 Å². The van der Waals surface area contributed by atoms with Gasteiger partial charge in [0.05, 0.1) is 22.5 Å². The molecule has 0 spiro atoms. The van der Waals surface area contributed by atoms with Crippen LogP contribution in [0.25, 0.3) is 5.69 Å². The van der Waals surface area contributed by atoms with E-state index >= 15 is 0 Å². The maximum absolute atomic E-state index is 13.2. The minimum Gasteiger partial charge on any atom is -0.294 e. The molecule has 2 aromatic heterocycles. The molecule has 28 heavy (non-hydrogen) atoms. The van der Waals surface area contributed by atoms with Gasteiger partial charge in [-0.3, -0.25) is 19.7 Å². The molecule has 1 amide bonds. The number of carbonyl (C=O) groups excluding carboxylic acids is 1. The number of aromatic nitrogens is 3. The minimum atomic E-state index is -0.418. The van der Waals surface area contributed by atoms with Crippen LogP contribution in [0.4, 0.5) is 4.39 Å². The highest BCUT2D eigenvalue weighted by molar-refractivity contribution is 6.01. The van der Waals surface area contributed by atoms with Crippen LogP contribution in [0.5, 0.6) is 0 Å². The molecule has 0 atom stereocenters. The maximum Gasteiger partial charge on any atom is 0.280 e. The summed E-state index contributed by atoms with van der Waals surface area (Å²) in [5, 5.41) is 7.16. The first kappa shape index (κ1) is 19.2. The lowest BCUT2D eigenvalue weighted by atomic mass is 10.1. The van der Waals surface area contributed by atoms with Crippen LogP contribution < -0.4 is 11.0 Å². The fourth-order valence-electron chi connectivity index (χ4n) is 2.81. The highest BCUT2D eigenvalue weighted by atomic mass is 19.1. The van der Waals surface area contributed by atoms with E-state index in [0.29, 0.717) is 34.6 Å². The molecule has 0 unspecified atom stereocenters. The maximum atomic E-state index is 13.2. The number of carbonyl (C=O) groups is 1. The Morgan fingerprint density at radius 3 is 2.68 bits per heavy atom. The Morgan fingerprint density at radius 2 is 2.04 bits per heavy atom. The standard InChI is InChI=1S/C20H20FN5O2/c1-3-5-17-18(13(2)23-24-19(27)14-6-4-11-22-12-14)20(28)26(25-17)16-9-7-15(21)8-10-16/h4,6-12,25H,3,5H2,1-2H3,(H,24,27)/b23-13+. The molecule has 7 nitrogen and oxygen atoms in total. The van der Waals surface area contributed by atoms with Crippen LogP contribution in [0.15, 0.2) is 58.7 Å². The quantitative estimate of drug-likeness (QED) is 0.508. The van der Waals surface area contributed by atoms with Crippen molar-refractivity contribution in [1.29, 1.82) is 0 Å². The molecule has 0 aliphatic rings. The van der Waals surface area contributed by atoms with Crippen molar-refractivity contribution in [2.24, 2.45) is 5.10 Å². The van der Waals surface area contributed by atoms with Crippen molar-refractivity contribution in [2.75, 3.05) is 0 Å². The molecule has 0 aliphatic carbocycles. The third-order valence-electron chi connectivity index (χ3n) is 4.16. The first-order valence-electron chi connectivity index (χ1n) is 8.86. The number of nitrogens with one attached hydrogen (secondary N) is 2. The molecule has 2 N–H and O–H groups in total. The lowest BCUT2D eigenvalue weighted by molar-refractivity contribution is 0.0954. The number of hydrogen-bond donors (Lipinski definition) is 2. The summed E-state index contributed by atoms with van der Waals surface area (Å²) in [5.74, 6) is -0.799. The van der Waals surface area contributed by atoms with Gasteiger partial charge in [-0.1, -0.05) is 13.3 Å². The highest BCUT2D eigenvalue weighted by Gasteiger charge is 2.18. The fraction of sp³-hybridized carbons (Fsp3) is 0.200. The molecule has 0 aliphatic heterocycles. The monoisotopic (exact) mass is 381 g/mol. The van der Waals surface area contributed by atoms with Crippen LogP contribution in [-0.4, -0.2) is 26.4 Å². The van der Waals surface area contributed by atoms with E-state index in [-0.39, 0.29) is 11.4 Å². The SMILES string of the molecule is CCCc1[nH]n(-c2ccc(F)cc2)c(=O)c1/C(C)=N/NC(=O)c1cccnc1. The predicted molar refractivity (Wildman–Crippen MR) is 104 cm³/mol. The predicted octanol–water partition coefficient (Wildman–Crippen LogP) is 2.81. The van der Waals surface area contributed by atoms with Crippen molar-refractivity contribution in [3.8, 4) is 5.69 Å². The van der Waals surface area contributed by atoms with Gasteiger partial charge in [0, 0.05) is 18.1 Å². The number of benzene rings is 1. The van der Waals surface area contributed by atoms with Crippen LogP contribution in [-0.2, 0) is 6.42 Å². The van der Waals surface area contributed by atoms with Gasteiger partial charge in [0.15, 0.2) is 0 Å². The fourth-order valence-corrected chi connectivity index (χ4v) is 2.81. The highest BCUT2D eigenvalue weighted by Crippen LogP contribution is 2.11. The molecule has 144 valence electrons. The first-order chi connectivity index (χ1) is 13.5. The van der Waals surface area contributed by atoms with E-state index < -0.39 is 5.91 Å². The van der Waals surface area contributed by atoms with Gasteiger partial charge < -0.3 is 0 Å². The number of pyridine rings is 1. The molecule has 2 heterocycles. The first-order valence-corrected chi connectivity index (χ1v) is 8.86. The summed E-state index contributed by atoms with van der Waals surface area (Å²) >= 11 is 0. The van der Waals surface area contributed by atoms with Crippen LogP contribution in [0.2, 0.25) is 0 Å². The Hall–Kier alpha value is -3.55. The van der Waals surface area contributed by atoms with Crippen LogP contribution >= 0.6 is 0 Å². The number of aromatic amines is 1. The third-order valence-corrected chi connectivity index (χ3v) is 4.16. The molecule has 3 rings (SSSR count). The zero-order valence-electron chi connectivity index (χ0n) is 15.6. The summed E-state index contributed by atoms with van der Waals surface area (Å²) < 4.78 is 14.5. The molecule has 0 fully saturated rings. The number of hydrogen-bond acceptors (Lipinski definition) is 4. The number of rotatable bonds is 6. The molecule has 0 radical (unpaired) electrons. The van der Waals surface area contributed by atoms with E-state index in [2.05, 4.69) is 20.6 Å². The summed E-state index contributed by atoms with van der Waals surface area (Å²) in [6.07, 6.45) is 4.44. The second kappa shape index (κ2) is 8.43. The van der Waals surface area contributed by atoms with E-state index in [1.165, 1.54) is 35.1 Å². The zero-order valence-corrected chi connectivity index (χ0v) is 15.6. The van der Waals surface area contributed by atoms with Crippen molar-refractivity contribution >= 4 is 11.6 Å². The van der Waals surface area contributed by atoms with Gasteiger partial charge in [-0.2, -0.15) is 5.10 Å². The van der Waals surface area contributed by atoms with Gasteiger partial charge in [0.2, 0.25) is 0 Å². The van der Waals surface area contributed by atoms with Gasteiger partial charge in [-0.15, -0.1) is 0 Å². The molecule has 8 heteroatoms. The van der Waals surface area contributed by atoms with Crippen molar-refractivity contribution in [3.63, 3.8) is 0 Å². The van der Waals surface area contributed by atoms with Crippen molar-refractivity contribution in [2.45, 2.75) is 26.7 Å². The van der Waals surface area contributed by atoms with Gasteiger partial charge in [-0.05, 0) is 49.7 Å². The molecule has 3 aromatic rings. The molecule has 1 aromatic carbocycles. The lowest BCUT2D eigenvalue weighted by Crippen LogP contribution is -2.23. The summed E-state index contributed by atoms with van der Waals surface area (Å²) in [6, 6.07) is 8.88. The van der Waals surface area contributed by atoms with Gasteiger partial charge in [0.1, 0.15) is 5.82 Å². The number of hydrazone groups is 1. The number of amides is 1. The van der Waals surface area contributed by atoms with Crippen LogP contribution in [0, 0.1) is 5.82 Å². The van der Waals surface area contributed by atoms with E-state index in [9.17, 15) is 14.0 Å². The smallest absolute Gasteiger partial charge is 0.280 e. The lowest BCUT2D eigenvalue weighted by Gasteiger charge is -2.02. The summed E-state index contributed by atoms with van der Waals surface area (Å²) in [7, 11) is 0. The largest absolute Gasteiger partial charge is 0.294 e. The van der Waals surface area contributed by atoms with E-state index in [1.54, 1.807) is 25.3 Å². The Kier molecular flexibility index (Phi) is 5.78. The number of H-pyrrole nitrogens is 1. The topological polar surface area (TPSA) is 92.1 Å². The minimum absolute atomic E-state index is 0.313. The van der Waals surface area contributed by atoms with E-state index in [4.69, 9.17) is 0 Å². The van der Waals surface area contributed by atoms with E-state index in [1.807, 2.05) is 6.92 Å².